The Bertz CT molecular complexity index is 2760. The van der Waals surface area contributed by atoms with Crippen LogP contribution >= 0.6 is 0 Å². The van der Waals surface area contributed by atoms with E-state index in [1.54, 1.807) is 17.9 Å². The van der Waals surface area contributed by atoms with Crippen LogP contribution in [0.4, 0.5) is 20.2 Å². The SMILES string of the molecule is CCC(C(C)O)n1ncn(-c2ccc(N3CCN(c4ccc(OC[C@@H]5CO[C@@](Cn6cncn6)(c6ccc(F)cc6F)C5)cc4)CC3)cc2)c1=O.CCCCCCCC(=O)OCC(COC(=O)CCCCCCC)OC(=O)CCC(=O)O. The Balaban J connectivity index is 0.000000302. The molecule has 448 valence electrons. The number of aromatic nitrogens is 6. The molecule has 2 saturated heterocycles. The van der Waals surface area contributed by atoms with Crippen molar-refractivity contribution in [1.29, 1.82) is 0 Å². The summed E-state index contributed by atoms with van der Waals surface area (Å²) in [7, 11) is 0. The summed E-state index contributed by atoms with van der Waals surface area (Å²) in [6.07, 6.45) is 13.8. The summed E-state index contributed by atoms with van der Waals surface area (Å²) >= 11 is 0. The molecule has 2 unspecified atom stereocenters. The number of ether oxygens (including phenoxy) is 5. The van der Waals surface area contributed by atoms with Gasteiger partial charge in [0.2, 0.25) is 0 Å². The van der Waals surface area contributed by atoms with Crippen molar-refractivity contribution in [2.24, 2.45) is 5.92 Å². The maximum atomic E-state index is 15.0. The van der Waals surface area contributed by atoms with Gasteiger partial charge in [-0.1, -0.05) is 78.2 Å². The zero-order valence-corrected chi connectivity index (χ0v) is 47.9. The molecule has 0 aliphatic carbocycles. The van der Waals surface area contributed by atoms with Crippen LogP contribution in [0.3, 0.4) is 0 Å². The van der Waals surface area contributed by atoms with Crippen LogP contribution in [0.5, 0.6) is 5.75 Å². The topological polar surface area (TPSA) is 232 Å². The van der Waals surface area contributed by atoms with Crippen LogP contribution in [0.15, 0.2) is 90.5 Å². The third-order valence-corrected chi connectivity index (χ3v) is 14.6. The first-order chi connectivity index (χ1) is 39.6. The minimum atomic E-state index is -1.11. The second-order valence-electron chi connectivity index (χ2n) is 21.0. The second kappa shape index (κ2) is 33.0. The second-order valence-corrected chi connectivity index (χ2v) is 21.0. The summed E-state index contributed by atoms with van der Waals surface area (Å²) in [5.41, 5.74) is 1.93. The summed E-state index contributed by atoms with van der Waals surface area (Å²) in [4.78, 5) is 67.9. The number of carbonyl (C=O) groups is 4. The molecule has 0 spiro atoms. The molecule has 0 amide bonds. The van der Waals surface area contributed by atoms with Gasteiger partial charge in [0.05, 0.1) is 50.4 Å². The molecule has 0 radical (unpaired) electrons. The Morgan fingerprint density at radius 1 is 0.732 bits per heavy atom. The lowest BCUT2D eigenvalue weighted by molar-refractivity contribution is -0.167. The minimum absolute atomic E-state index is 0.0121. The summed E-state index contributed by atoms with van der Waals surface area (Å²) in [5, 5.41) is 27.2. The number of piperazine rings is 1. The first kappa shape index (κ1) is 64.0. The maximum Gasteiger partial charge on any atom is 0.350 e. The van der Waals surface area contributed by atoms with Crippen molar-refractivity contribution in [3.8, 4) is 11.4 Å². The van der Waals surface area contributed by atoms with E-state index in [0.29, 0.717) is 31.6 Å². The smallest absolute Gasteiger partial charge is 0.350 e. The van der Waals surface area contributed by atoms with Crippen LogP contribution in [0.25, 0.3) is 5.69 Å². The normalized spacial score (nSPS) is 16.8. The highest BCUT2D eigenvalue weighted by atomic mass is 19.1. The van der Waals surface area contributed by atoms with Gasteiger partial charge in [-0.05, 0) is 87.2 Å². The first-order valence-corrected chi connectivity index (χ1v) is 28.9. The number of esters is 3. The Morgan fingerprint density at radius 2 is 1.32 bits per heavy atom. The van der Waals surface area contributed by atoms with Gasteiger partial charge in [0, 0.05) is 67.9 Å². The number of aliphatic hydroxyl groups excluding tert-OH is 1. The molecule has 3 aromatic carbocycles. The molecule has 0 bridgehead atoms. The highest BCUT2D eigenvalue weighted by Crippen LogP contribution is 2.42. The highest BCUT2D eigenvalue weighted by molar-refractivity contribution is 5.76. The molecular formula is C60H82F2N8O12. The molecular weight excluding hydrogens is 1060 g/mol. The van der Waals surface area contributed by atoms with Crippen molar-refractivity contribution in [3.63, 3.8) is 0 Å². The van der Waals surface area contributed by atoms with Crippen LogP contribution < -0.4 is 20.2 Å². The minimum Gasteiger partial charge on any atom is -0.493 e. The van der Waals surface area contributed by atoms with Crippen molar-refractivity contribution in [3.05, 3.63) is 113 Å². The number of carboxylic acids is 1. The van der Waals surface area contributed by atoms with Crippen molar-refractivity contribution >= 4 is 35.3 Å². The van der Waals surface area contributed by atoms with Gasteiger partial charge in [0.15, 0.2) is 6.10 Å². The number of hydrogen-bond donors (Lipinski definition) is 2. The average molecular weight is 1150 g/mol. The molecule has 2 fully saturated rings. The third-order valence-electron chi connectivity index (χ3n) is 14.6. The molecule has 2 N–H and O–H groups in total. The van der Waals surface area contributed by atoms with Gasteiger partial charge in [-0.15, -0.1) is 0 Å². The molecule has 7 rings (SSSR count). The van der Waals surface area contributed by atoms with E-state index in [-0.39, 0.29) is 63.1 Å². The van der Waals surface area contributed by atoms with Gasteiger partial charge in [-0.2, -0.15) is 10.2 Å². The fourth-order valence-corrected chi connectivity index (χ4v) is 10.1. The van der Waals surface area contributed by atoms with E-state index in [9.17, 15) is 37.9 Å². The number of carbonyl (C=O) groups excluding carboxylic acids is 3. The standard InChI is InChI=1S/C37H42F2N8O4.C23H40O8/c1-3-35(26(2)48)47-36(49)46(25-42-47)31-7-5-29(6-8-31)43-14-16-44(17-15-43)30-9-11-32(12-10-30)50-20-27-19-37(51-21-27,22-45-24-40-23-41-45)33-13-4-28(38)18-34(33)39;1-3-5-7-9-11-13-21(26)29-17-19(31-23(28)16-15-20(24)25)18-30-22(27)14-12-10-8-6-4-2/h4-13,18,23-27,35,48H,3,14-17,19-22H2,1-2H3;19H,3-18H2,1-2H3,(H,24,25)/t26?,27-,35?,37+;/m1./s1. The van der Waals surface area contributed by atoms with Crippen LogP contribution in [-0.2, 0) is 50.3 Å². The molecule has 2 aliphatic rings. The Morgan fingerprint density at radius 3 is 1.85 bits per heavy atom. The predicted octanol–water partition coefficient (Wildman–Crippen LogP) is 9.14. The number of aliphatic hydroxyl groups is 1. The van der Waals surface area contributed by atoms with E-state index >= 15 is 0 Å². The molecule has 22 heteroatoms. The molecule has 2 aliphatic heterocycles. The molecule has 2 aromatic heterocycles. The van der Waals surface area contributed by atoms with Gasteiger partial charge < -0.3 is 43.7 Å². The van der Waals surface area contributed by atoms with Crippen molar-refractivity contribution in [2.45, 2.75) is 161 Å². The zero-order valence-electron chi connectivity index (χ0n) is 47.9. The molecule has 5 aromatic rings. The molecule has 4 heterocycles. The van der Waals surface area contributed by atoms with Gasteiger partial charge in [0.25, 0.3) is 0 Å². The monoisotopic (exact) mass is 1140 g/mol. The quantitative estimate of drug-likeness (QED) is 0.0232. The number of aliphatic carboxylic acids is 1. The van der Waals surface area contributed by atoms with Crippen LogP contribution in [-0.4, -0.2) is 128 Å². The lowest BCUT2D eigenvalue weighted by Crippen LogP contribution is -2.46. The van der Waals surface area contributed by atoms with Crippen molar-refractivity contribution in [2.75, 3.05) is 62.4 Å². The van der Waals surface area contributed by atoms with E-state index in [2.05, 4.69) is 51.0 Å². The predicted molar refractivity (Wildman–Crippen MR) is 303 cm³/mol. The summed E-state index contributed by atoms with van der Waals surface area (Å²) in [5.74, 6) is -3.21. The summed E-state index contributed by atoms with van der Waals surface area (Å²) < 4.78 is 61.1. The lowest BCUT2D eigenvalue weighted by Gasteiger charge is -2.37. The van der Waals surface area contributed by atoms with E-state index in [1.807, 2.05) is 43.3 Å². The Hall–Kier alpha value is -7.20. The van der Waals surface area contributed by atoms with E-state index < -0.39 is 53.3 Å². The number of nitrogens with zero attached hydrogens (tertiary/aromatic N) is 8. The third kappa shape index (κ3) is 19.8. The van der Waals surface area contributed by atoms with Gasteiger partial charge >= 0.3 is 29.6 Å². The number of anilines is 2. The first-order valence-electron chi connectivity index (χ1n) is 28.9. The maximum absolute atomic E-state index is 15.0. The van der Waals surface area contributed by atoms with Gasteiger partial charge in [-0.3, -0.25) is 19.2 Å². The fourth-order valence-electron chi connectivity index (χ4n) is 10.1. The van der Waals surface area contributed by atoms with Crippen molar-refractivity contribution < 1.29 is 61.9 Å². The molecule has 82 heavy (non-hydrogen) atoms. The van der Waals surface area contributed by atoms with Gasteiger partial charge in [0.1, 0.15) is 55.2 Å². The van der Waals surface area contributed by atoms with E-state index in [4.69, 9.17) is 28.8 Å². The number of hydrogen-bond acceptors (Lipinski definition) is 16. The number of halogens is 2. The fraction of sp³-hybridized carbons (Fsp3) is 0.567. The number of unbranched alkanes of at least 4 members (excludes halogenated alkanes) is 8. The summed E-state index contributed by atoms with van der Waals surface area (Å²) in [6, 6.07) is 19.2. The zero-order chi connectivity index (χ0) is 58.9. The Kier molecular flexibility index (Phi) is 25.8. The van der Waals surface area contributed by atoms with Crippen molar-refractivity contribution in [1.82, 2.24) is 29.1 Å². The van der Waals surface area contributed by atoms with Crippen LogP contribution in [0, 0.1) is 17.6 Å². The van der Waals surface area contributed by atoms with Crippen LogP contribution in [0.1, 0.15) is 142 Å². The van der Waals surface area contributed by atoms with Gasteiger partial charge in [-0.25, -0.2) is 32.5 Å². The Labute approximate surface area is 478 Å². The highest BCUT2D eigenvalue weighted by Gasteiger charge is 2.45. The molecule has 20 nitrogen and oxygen atoms in total. The number of benzene rings is 3. The largest absolute Gasteiger partial charge is 0.493 e. The average Bonchev–Trinajstić information content (AvgIpc) is 4.44. The number of carboxylic acid groups (broad SMARTS) is 1. The summed E-state index contributed by atoms with van der Waals surface area (Å²) in [6.45, 7) is 11.7. The molecule has 0 saturated carbocycles. The lowest BCUT2D eigenvalue weighted by atomic mass is 9.87. The van der Waals surface area contributed by atoms with E-state index in [0.717, 1.165) is 119 Å². The van der Waals surface area contributed by atoms with Crippen LogP contribution in [0.2, 0.25) is 0 Å². The van der Waals surface area contributed by atoms with E-state index in [1.165, 1.54) is 34.0 Å². The molecule has 4 atom stereocenters. The number of rotatable bonds is 32.